The first kappa shape index (κ1) is 36.2. The number of hydrogen-bond donors (Lipinski definition) is 2. The number of hydrogen-bond acceptors (Lipinski definition) is 7. The van der Waals surface area contributed by atoms with Crippen molar-refractivity contribution in [1.29, 1.82) is 0 Å². The van der Waals surface area contributed by atoms with E-state index >= 15 is 0 Å². The van der Waals surface area contributed by atoms with Crippen LogP contribution in [0.1, 0.15) is 0 Å². The fraction of sp³-hybridized carbons (Fsp3) is 0. The van der Waals surface area contributed by atoms with Gasteiger partial charge in [-0.05, 0) is 0 Å². The van der Waals surface area contributed by atoms with Crippen LogP contribution in [-0.2, 0) is 23.1 Å². The van der Waals surface area contributed by atoms with Gasteiger partial charge in [-0.3, -0.25) is 0 Å². The fourth-order valence-electron chi connectivity index (χ4n) is 0.259. The van der Waals surface area contributed by atoms with Gasteiger partial charge in [-0.25, -0.2) is 0 Å². The van der Waals surface area contributed by atoms with Gasteiger partial charge in [-0.1, -0.05) is 0 Å². The predicted octanol–water partition coefficient (Wildman–Crippen LogP) is -7.20. The van der Waals surface area contributed by atoms with Gasteiger partial charge in [0.2, 0.25) is 0 Å². The van der Waals surface area contributed by atoms with Gasteiger partial charge in [-0.2, -0.15) is 0 Å². The second-order valence-corrected chi connectivity index (χ2v) is 1.21. The normalized spacial score (nSPS) is 5.12. The Labute approximate surface area is 91.0 Å². The molecule has 0 aliphatic heterocycles. The molecule has 0 rings (SSSR count). The van der Waals surface area contributed by atoms with Crippen molar-refractivity contribution >= 4 is 29.3 Å². The van der Waals surface area contributed by atoms with E-state index in [2.05, 4.69) is 13.7 Å². The Morgan fingerprint density at radius 2 is 1.00 bits per heavy atom. The molecule has 0 amide bonds. The van der Waals surface area contributed by atoms with Crippen LogP contribution in [0.25, 0.3) is 0 Å². The first-order chi connectivity index (χ1) is 5.20. The standard InChI is InChI=1S/B4H2O7.5H2O/c5-1-9-3(7)11-4(8)10-2-6;;;;;/h7-8H;5*1H2. The predicted molar refractivity (Wildman–Crippen MR) is 50.2 cm³/mol. The summed E-state index contributed by atoms with van der Waals surface area (Å²) < 4.78 is 30.4. The van der Waals surface area contributed by atoms with Crippen molar-refractivity contribution in [3.05, 3.63) is 0 Å². The van der Waals surface area contributed by atoms with E-state index in [1.807, 2.05) is 0 Å². The fourth-order valence-corrected chi connectivity index (χ4v) is 0.259. The van der Waals surface area contributed by atoms with Crippen LogP contribution in [0, 0.1) is 0 Å². The molecule has 0 saturated carbocycles. The molecule has 0 heterocycles. The molecule has 0 aliphatic carbocycles. The van der Waals surface area contributed by atoms with E-state index in [9.17, 15) is 9.41 Å². The van der Waals surface area contributed by atoms with Crippen LogP contribution in [0.4, 0.5) is 0 Å². The molecule has 0 aromatic heterocycles. The third kappa shape index (κ3) is 23.2. The zero-order chi connectivity index (χ0) is 8.69. The van der Waals surface area contributed by atoms with Crippen LogP contribution in [0.5, 0.6) is 0 Å². The van der Waals surface area contributed by atoms with Crippen LogP contribution in [0.15, 0.2) is 0 Å². The topological polar surface area (TPSA) is 260 Å². The Morgan fingerprint density at radius 3 is 1.19 bits per heavy atom. The molecule has 0 spiro atoms. The second kappa shape index (κ2) is 23.7. The molecule has 0 bridgehead atoms. The maximum absolute atomic E-state index is 9.50. The first-order valence-electron chi connectivity index (χ1n) is 2.40. The van der Waals surface area contributed by atoms with Crippen LogP contribution in [-0.4, -0.2) is 66.8 Å². The van der Waals surface area contributed by atoms with E-state index in [-0.39, 0.29) is 42.1 Å². The van der Waals surface area contributed by atoms with Crippen LogP contribution >= 0.6 is 0 Å². The molecular formula is H12B4O12. The molecule has 0 aliphatic rings. The third-order valence-electron chi connectivity index (χ3n) is 0.577. The Bertz CT molecular complexity index is 112. The summed E-state index contributed by atoms with van der Waals surface area (Å²) in [6.45, 7) is 0. The van der Waals surface area contributed by atoms with Crippen molar-refractivity contribution in [1.82, 2.24) is 0 Å². The van der Waals surface area contributed by atoms with E-state index in [0.29, 0.717) is 0 Å². The Hall–Kier alpha value is -0.860. The van der Waals surface area contributed by atoms with E-state index in [1.165, 1.54) is 0 Å². The molecule has 16 heteroatoms. The van der Waals surface area contributed by atoms with Crippen LogP contribution in [0.3, 0.4) is 0 Å². The molecule has 0 aromatic carbocycles. The van der Waals surface area contributed by atoms with Gasteiger partial charge >= 0.3 is 62.5 Å². The summed E-state index contributed by atoms with van der Waals surface area (Å²) in [4.78, 5) is 0. The SMILES string of the molecule is O.O.O.O.O.O=BOB(O)OB(O)OB=O. The molecule has 0 aromatic rings. The number of rotatable bonds is 6. The maximum atomic E-state index is 9.50. The quantitative estimate of drug-likeness (QED) is 0.427. The summed E-state index contributed by atoms with van der Waals surface area (Å²) >= 11 is 0. The minimum atomic E-state index is -1.96. The first-order valence-corrected chi connectivity index (χ1v) is 2.40. The van der Waals surface area contributed by atoms with Crippen molar-refractivity contribution in [2.75, 3.05) is 0 Å². The van der Waals surface area contributed by atoms with E-state index in [0.717, 1.165) is 0 Å². The average Bonchev–Trinajstić information content (AvgIpc) is 1.87. The van der Waals surface area contributed by atoms with Crippen LogP contribution < -0.4 is 0 Å². The van der Waals surface area contributed by atoms with Crippen molar-refractivity contribution in [3.63, 3.8) is 0 Å². The van der Waals surface area contributed by atoms with Gasteiger partial charge in [0.25, 0.3) is 0 Å². The van der Waals surface area contributed by atoms with E-state index in [4.69, 9.17) is 10.0 Å². The summed E-state index contributed by atoms with van der Waals surface area (Å²) in [6, 6.07) is 0. The molecule has 96 valence electrons. The minimum absolute atomic E-state index is 0. The molecular weight excluding hydrogens is 235 g/mol. The van der Waals surface area contributed by atoms with Crippen molar-refractivity contribution in [3.8, 4) is 0 Å². The van der Waals surface area contributed by atoms with Gasteiger partial charge in [0, 0.05) is 0 Å². The Kier molecular flexibility index (Phi) is 53.8. The summed E-state index contributed by atoms with van der Waals surface area (Å²) in [5, 5.41) is 16.8. The summed E-state index contributed by atoms with van der Waals surface area (Å²) in [5.74, 6) is 0. The summed E-state index contributed by atoms with van der Waals surface area (Å²) in [5.41, 5.74) is 0. The molecule has 0 atom stereocenters. The zero-order valence-electron chi connectivity index (χ0n) is 7.75. The molecule has 0 saturated heterocycles. The molecule has 0 unspecified atom stereocenters. The molecule has 0 radical (unpaired) electrons. The second-order valence-electron chi connectivity index (χ2n) is 1.21. The van der Waals surface area contributed by atoms with E-state index in [1.54, 1.807) is 0 Å². The van der Waals surface area contributed by atoms with Crippen molar-refractivity contribution < 1.29 is 60.6 Å². The van der Waals surface area contributed by atoms with Gasteiger partial charge in [0.15, 0.2) is 0 Å². The zero-order valence-corrected chi connectivity index (χ0v) is 7.75. The van der Waals surface area contributed by atoms with Crippen molar-refractivity contribution in [2.24, 2.45) is 0 Å². The molecule has 12 N–H and O–H groups in total. The van der Waals surface area contributed by atoms with E-state index < -0.39 is 14.6 Å². The summed E-state index contributed by atoms with van der Waals surface area (Å²) in [7, 11) is -4.11. The molecule has 0 fully saturated rings. The van der Waals surface area contributed by atoms with Gasteiger partial charge in [-0.15, -0.1) is 0 Å². The summed E-state index contributed by atoms with van der Waals surface area (Å²) in [6.07, 6.45) is 0. The van der Waals surface area contributed by atoms with Crippen molar-refractivity contribution in [2.45, 2.75) is 0 Å². The Morgan fingerprint density at radius 1 is 0.750 bits per heavy atom. The molecule has 12 nitrogen and oxygen atoms in total. The van der Waals surface area contributed by atoms with Crippen LogP contribution in [0.2, 0.25) is 0 Å². The Balaban J connectivity index is -0.0000000500. The monoisotopic (exact) mass is 248 g/mol. The third-order valence-corrected chi connectivity index (χ3v) is 0.577. The van der Waals surface area contributed by atoms with Gasteiger partial charge < -0.3 is 27.4 Å². The average molecular weight is 247 g/mol. The molecule has 16 heavy (non-hydrogen) atoms. The van der Waals surface area contributed by atoms with Gasteiger partial charge in [0.05, 0.1) is 0 Å². The van der Waals surface area contributed by atoms with Gasteiger partial charge in [0.1, 0.15) is 0 Å².